The smallest absolute Gasteiger partial charge is 0.135 e. The van der Waals surface area contributed by atoms with Gasteiger partial charge in [0.15, 0.2) is 0 Å². The molecule has 1 aliphatic rings. The van der Waals surface area contributed by atoms with Gasteiger partial charge in [0, 0.05) is 56.4 Å². The van der Waals surface area contributed by atoms with E-state index in [9.17, 15) is 0 Å². The van der Waals surface area contributed by atoms with Crippen LogP contribution >= 0.6 is 0 Å². The second-order valence-electron chi connectivity index (χ2n) is 15.9. The minimum absolute atomic E-state index is 0. The average Bonchev–Trinajstić information content (AvgIpc) is 3.80. The van der Waals surface area contributed by atoms with Crippen LogP contribution in [-0.4, -0.2) is 9.55 Å². The maximum absolute atomic E-state index is 4.95. The Labute approximate surface area is 361 Å². The molecule has 3 heterocycles. The summed E-state index contributed by atoms with van der Waals surface area (Å²) in [5.41, 5.74) is 12.8. The van der Waals surface area contributed by atoms with Crippen LogP contribution in [0.15, 0.2) is 182 Å². The maximum Gasteiger partial charge on any atom is 0.135 e. The van der Waals surface area contributed by atoms with Gasteiger partial charge in [-0.15, -0.1) is 47.0 Å². The Hall–Kier alpha value is -6.42. The number of nitrogens with zero attached hydrogens (tertiary/aromatic N) is 5. The monoisotopic (exact) mass is 943 g/mol. The Morgan fingerprint density at radius 1 is 0.610 bits per heavy atom. The van der Waals surface area contributed by atoms with Crippen LogP contribution in [0.4, 0.5) is 34.1 Å². The van der Waals surface area contributed by atoms with Crippen LogP contribution in [0.3, 0.4) is 0 Å². The van der Waals surface area contributed by atoms with Crippen molar-refractivity contribution in [2.75, 3.05) is 14.7 Å². The van der Waals surface area contributed by atoms with Crippen LogP contribution in [0, 0.1) is 18.8 Å². The van der Waals surface area contributed by atoms with Gasteiger partial charge < -0.3 is 19.3 Å². The molecule has 6 heteroatoms. The second kappa shape index (κ2) is 15.7. The molecule has 9 aromatic rings. The van der Waals surface area contributed by atoms with Gasteiger partial charge >= 0.3 is 0 Å². The van der Waals surface area contributed by atoms with E-state index in [1.54, 1.807) is 0 Å². The summed E-state index contributed by atoms with van der Waals surface area (Å²) in [5.74, 6) is 0.876. The number of pyridine rings is 1. The molecular weight excluding hydrogens is 902 g/mol. The number of benzene rings is 7. The first-order valence-corrected chi connectivity index (χ1v) is 19.8. The van der Waals surface area contributed by atoms with Gasteiger partial charge in [0.1, 0.15) is 5.82 Å². The van der Waals surface area contributed by atoms with E-state index in [1.807, 2.05) is 6.20 Å². The number of hydrogen-bond donors (Lipinski definition) is 0. The molecule has 0 saturated heterocycles. The molecule has 7 aromatic carbocycles. The Morgan fingerprint density at radius 3 is 2.05 bits per heavy atom. The minimum atomic E-state index is -0.0292. The summed E-state index contributed by atoms with van der Waals surface area (Å²) in [6.07, 6.45) is 1.93. The first-order valence-electron chi connectivity index (χ1n) is 19.8. The number of hydrogen-bond acceptors (Lipinski definition) is 4. The molecule has 0 N–H and O–H groups in total. The van der Waals surface area contributed by atoms with E-state index < -0.39 is 0 Å². The van der Waals surface area contributed by atoms with Crippen LogP contribution in [0.2, 0.25) is 0 Å². The maximum atomic E-state index is 4.95. The predicted octanol–water partition coefficient (Wildman–Crippen LogP) is 13.5. The Bertz CT molecular complexity index is 2900. The van der Waals surface area contributed by atoms with E-state index in [-0.39, 0.29) is 26.5 Å². The number of fused-ring (bicyclic) bond motifs is 4. The number of para-hydroxylation sites is 4. The summed E-state index contributed by atoms with van der Waals surface area (Å²) in [4.78, 5) is 11.8. The van der Waals surface area contributed by atoms with Gasteiger partial charge in [0.05, 0.1) is 0 Å². The van der Waals surface area contributed by atoms with E-state index in [1.165, 1.54) is 11.1 Å². The minimum Gasteiger partial charge on any atom is -0.498 e. The molecule has 0 atom stereocenters. The summed E-state index contributed by atoms with van der Waals surface area (Å²) in [5, 5.41) is 2.29. The molecule has 0 saturated carbocycles. The van der Waals surface area contributed by atoms with Gasteiger partial charge in [-0.1, -0.05) is 147 Å². The fraction of sp³-hybridized carbons (Fsp3) is 0.0943. The van der Waals surface area contributed by atoms with Crippen LogP contribution in [0.25, 0.3) is 38.8 Å². The van der Waals surface area contributed by atoms with Gasteiger partial charge in [-0.25, -0.2) is 4.98 Å². The predicted molar refractivity (Wildman–Crippen MR) is 241 cm³/mol. The number of rotatable bonds is 8. The van der Waals surface area contributed by atoms with Gasteiger partial charge in [0.2, 0.25) is 0 Å². The van der Waals surface area contributed by atoms with Crippen molar-refractivity contribution >= 4 is 55.9 Å². The summed E-state index contributed by atoms with van der Waals surface area (Å²) in [6, 6.07) is 70.1. The molecule has 0 unspecified atom stereocenters. The molecule has 0 radical (unpaired) electrons. The first kappa shape index (κ1) is 38.1. The normalized spacial score (nSPS) is 12.5. The van der Waals surface area contributed by atoms with E-state index >= 15 is 0 Å². The van der Waals surface area contributed by atoms with E-state index in [4.69, 9.17) is 4.98 Å². The molecule has 292 valence electrons. The van der Waals surface area contributed by atoms with E-state index in [0.29, 0.717) is 0 Å². The molecule has 10 rings (SSSR count). The zero-order chi connectivity index (χ0) is 39.2. The second-order valence-corrected chi connectivity index (χ2v) is 15.9. The van der Waals surface area contributed by atoms with Crippen molar-refractivity contribution in [3.63, 3.8) is 0 Å². The molecule has 0 fully saturated rings. The number of aromatic nitrogens is 2. The van der Waals surface area contributed by atoms with Gasteiger partial charge in [-0.3, -0.25) is 0 Å². The summed E-state index contributed by atoms with van der Waals surface area (Å²) in [6.45, 7) is 9.70. The zero-order valence-electron chi connectivity index (χ0n) is 33.2. The number of anilines is 6. The molecule has 2 aromatic heterocycles. The fourth-order valence-electron chi connectivity index (χ4n) is 8.10. The van der Waals surface area contributed by atoms with Crippen molar-refractivity contribution in [2.24, 2.45) is 0 Å². The van der Waals surface area contributed by atoms with Crippen LogP contribution in [0.5, 0.6) is 0 Å². The quantitative estimate of drug-likeness (QED) is 0.142. The molecule has 0 spiro atoms. The van der Waals surface area contributed by atoms with Crippen molar-refractivity contribution in [2.45, 2.75) is 32.7 Å². The summed E-state index contributed by atoms with van der Waals surface area (Å²) in [7, 11) is 0. The van der Waals surface area contributed by atoms with Crippen molar-refractivity contribution in [3.05, 3.63) is 212 Å². The van der Waals surface area contributed by atoms with Crippen molar-refractivity contribution in [3.8, 4) is 16.9 Å². The molecule has 5 nitrogen and oxygen atoms in total. The standard InChI is InChI=1S/C53H42N5.Pt/c1-53(2,3)41-29-30-54-52(33-41)58-48-24-14-13-23-46(48)47-28-27-43(35-51(47)58)57(42-21-11-6-12-22-42)45-32-40(39-19-9-5-10-20-39)31-44(34-45)56-37-55(36-38-17-7-4-8-18-38)49-25-15-16-26-50(49)56;/h4-33,37H,36H2,1-3H3;/q-3;. The fourth-order valence-corrected chi connectivity index (χ4v) is 8.10. The van der Waals surface area contributed by atoms with Crippen LogP contribution in [-0.2, 0) is 33.0 Å². The third-order valence-corrected chi connectivity index (χ3v) is 11.0. The first-order chi connectivity index (χ1) is 28.4. The molecule has 0 bridgehead atoms. The summed E-state index contributed by atoms with van der Waals surface area (Å²) < 4.78 is 2.26. The Balaban J connectivity index is 0.00000449. The zero-order valence-corrected chi connectivity index (χ0v) is 35.4. The Morgan fingerprint density at radius 2 is 1.29 bits per heavy atom. The van der Waals surface area contributed by atoms with Crippen molar-refractivity contribution in [1.82, 2.24) is 9.55 Å². The summed E-state index contributed by atoms with van der Waals surface area (Å²) >= 11 is 0. The van der Waals surface area contributed by atoms with E-state index in [0.717, 1.165) is 79.4 Å². The largest absolute Gasteiger partial charge is 0.498 e. The SMILES string of the molecule is CC(C)(C)c1ccnc(-n2c3[c-]c(N(c4[c-]c(N5[CH-]N(Cc6ccccc6)c6ccccc65)cc(-c5ccccc5)c4)c4ccccc4)ccc3c3ccccc32)c1.[Pt]. The van der Waals surface area contributed by atoms with Crippen LogP contribution < -0.4 is 14.7 Å². The van der Waals surface area contributed by atoms with Crippen LogP contribution in [0.1, 0.15) is 31.9 Å². The third-order valence-electron chi connectivity index (χ3n) is 11.0. The molecule has 0 amide bonds. The molecule has 1 aliphatic heterocycles. The molecular formula is C53H42N5Pt-3. The van der Waals surface area contributed by atoms with Crippen molar-refractivity contribution < 1.29 is 21.1 Å². The van der Waals surface area contributed by atoms with Gasteiger partial charge in [-0.05, 0) is 70.0 Å². The topological polar surface area (TPSA) is 27.5 Å². The molecule has 59 heavy (non-hydrogen) atoms. The van der Waals surface area contributed by atoms with Crippen molar-refractivity contribution in [1.29, 1.82) is 0 Å². The van der Waals surface area contributed by atoms with Gasteiger partial charge in [0.25, 0.3) is 0 Å². The molecule has 0 aliphatic carbocycles. The Kier molecular flexibility index (Phi) is 10.2. The average molecular weight is 944 g/mol. The van der Waals surface area contributed by atoms with E-state index in [2.05, 4.69) is 235 Å². The third kappa shape index (κ3) is 7.21. The van der Waals surface area contributed by atoms with Gasteiger partial charge in [-0.2, -0.15) is 12.7 Å².